The first kappa shape index (κ1) is 23.2. The van der Waals surface area contributed by atoms with Gasteiger partial charge >= 0.3 is 6.03 Å². The normalized spacial score (nSPS) is 16.9. The number of likely N-dealkylation sites (tertiary alicyclic amines) is 1. The molecule has 0 spiro atoms. The average Bonchev–Trinajstić information content (AvgIpc) is 3.63. The van der Waals surface area contributed by atoms with Crippen LogP contribution in [-0.4, -0.2) is 44.3 Å². The van der Waals surface area contributed by atoms with E-state index in [2.05, 4.69) is 32.7 Å². The Hall–Kier alpha value is -4.20. The third-order valence-corrected chi connectivity index (χ3v) is 7.65. The summed E-state index contributed by atoms with van der Waals surface area (Å²) in [6.07, 6.45) is 11.0. The molecule has 2 fully saturated rings. The fraction of sp³-hybridized carbons (Fsp3) is 0.310. The van der Waals surface area contributed by atoms with Gasteiger partial charge in [0.05, 0.1) is 11.1 Å². The molecule has 1 aliphatic carbocycles. The van der Waals surface area contributed by atoms with E-state index in [9.17, 15) is 9.59 Å². The number of anilines is 1. The first-order valence-corrected chi connectivity index (χ1v) is 12.9. The van der Waals surface area contributed by atoms with E-state index in [1.807, 2.05) is 64.2 Å². The van der Waals surface area contributed by atoms with E-state index in [4.69, 9.17) is 0 Å². The van der Waals surface area contributed by atoms with Crippen LogP contribution in [0.3, 0.4) is 0 Å². The number of urea groups is 1. The fourth-order valence-electron chi connectivity index (χ4n) is 5.33. The zero-order valence-corrected chi connectivity index (χ0v) is 20.6. The van der Waals surface area contributed by atoms with Crippen LogP contribution in [0.25, 0.3) is 5.65 Å². The Kier molecular flexibility index (Phi) is 6.08. The van der Waals surface area contributed by atoms with Crippen molar-refractivity contribution in [3.05, 3.63) is 96.2 Å². The number of aromatic nitrogens is 3. The Morgan fingerprint density at radius 2 is 1.76 bits per heavy atom. The summed E-state index contributed by atoms with van der Waals surface area (Å²) in [5.41, 5.74) is 4.36. The van der Waals surface area contributed by atoms with Gasteiger partial charge in [0, 0.05) is 50.1 Å². The summed E-state index contributed by atoms with van der Waals surface area (Å²) in [7, 11) is 0. The van der Waals surface area contributed by atoms with Gasteiger partial charge in [0.1, 0.15) is 5.65 Å². The van der Waals surface area contributed by atoms with Crippen molar-refractivity contribution in [1.29, 1.82) is 0 Å². The molecule has 1 aromatic carbocycles. The summed E-state index contributed by atoms with van der Waals surface area (Å²) >= 11 is 0. The molecule has 8 nitrogen and oxygen atoms in total. The molecule has 0 unspecified atom stereocenters. The smallest absolute Gasteiger partial charge is 0.319 e. The molecule has 6 rings (SSSR count). The highest BCUT2D eigenvalue weighted by Crippen LogP contribution is 2.49. The topological polar surface area (TPSA) is 91.6 Å². The Morgan fingerprint density at radius 3 is 2.49 bits per heavy atom. The lowest BCUT2D eigenvalue weighted by Crippen LogP contribution is -2.43. The molecule has 1 saturated heterocycles. The molecule has 4 aromatic rings. The van der Waals surface area contributed by atoms with E-state index in [1.54, 1.807) is 12.4 Å². The third kappa shape index (κ3) is 4.79. The van der Waals surface area contributed by atoms with Crippen molar-refractivity contribution >= 4 is 23.3 Å². The summed E-state index contributed by atoms with van der Waals surface area (Å²) in [5.74, 6) is 0.648. The number of hydrogen-bond acceptors (Lipinski definition) is 4. The molecular weight excluding hydrogens is 464 g/mol. The van der Waals surface area contributed by atoms with Crippen LogP contribution in [0.2, 0.25) is 0 Å². The minimum atomic E-state index is -0.395. The molecule has 2 N–H and O–H groups in total. The molecule has 188 valence electrons. The number of hydrogen-bond donors (Lipinski definition) is 2. The number of benzene rings is 1. The second-order valence-electron chi connectivity index (χ2n) is 10.0. The van der Waals surface area contributed by atoms with Gasteiger partial charge in [-0.05, 0) is 79.1 Å². The number of fused-ring (bicyclic) bond motifs is 1. The summed E-state index contributed by atoms with van der Waals surface area (Å²) in [6, 6.07) is 17.6. The molecule has 1 saturated carbocycles. The van der Waals surface area contributed by atoms with Crippen LogP contribution in [0.5, 0.6) is 0 Å². The molecule has 2 aliphatic rings. The molecular formula is C29H30N6O2. The van der Waals surface area contributed by atoms with Crippen LogP contribution >= 0.6 is 0 Å². The van der Waals surface area contributed by atoms with Crippen molar-refractivity contribution in [3.63, 3.8) is 0 Å². The van der Waals surface area contributed by atoms with Crippen LogP contribution in [-0.2, 0) is 16.8 Å². The predicted molar refractivity (Wildman–Crippen MR) is 141 cm³/mol. The number of imidazole rings is 1. The summed E-state index contributed by atoms with van der Waals surface area (Å²) in [5, 5.41) is 5.80. The molecule has 1 aliphatic heterocycles. The molecule has 3 amide bonds. The Morgan fingerprint density at radius 1 is 0.946 bits per heavy atom. The standard InChI is InChI=1S/C29H30N6O2/c36-27(29(11-12-29)25-3-1-2-13-30-25)35-16-9-23(10-17-35)22-4-6-24(7-5-22)33-28(37)32-20-21-8-15-34-18-14-31-26(34)19-21/h1-8,13-15,18-19,23H,9-12,16-17,20H2,(H2,32,33,37). The van der Waals surface area contributed by atoms with Crippen LogP contribution in [0.15, 0.2) is 79.4 Å². The van der Waals surface area contributed by atoms with Crippen molar-refractivity contribution in [1.82, 2.24) is 24.6 Å². The van der Waals surface area contributed by atoms with Gasteiger partial charge in [-0.15, -0.1) is 0 Å². The van der Waals surface area contributed by atoms with E-state index < -0.39 is 5.41 Å². The average molecular weight is 495 g/mol. The molecule has 37 heavy (non-hydrogen) atoms. The van der Waals surface area contributed by atoms with Gasteiger partial charge in [0.2, 0.25) is 5.91 Å². The molecule has 0 radical (unpaired) electrons. The van der Waals surface area contributed by atoms with Crippen LogP contribution in [0.4, 0.5) is 10.5 Å². The summed E-state index contributed by atoms with van der Waals surface area (Å²) < 4.78 is 1.93. The molecule has 0 bridgehead atoms. The number of rotatable bonds is 6. The number of pyridine rings is 2. The molecule has 0 atom stereocenters. The van der Waals surface area contributed by atoms with Crippen molar-refractivity contribution in [2.45, 2.75) is 43.6 Å². The van der Waals surface area contributed by atoms with Gasteiger partial charge in [-0.3, -0.25) is 9.78 Å². The SMILES string of the molecule is O=C(NCc1ccn2ccnc2c1)Nc1ccc(C2CCN(C(=O)C3(c4ccccn4)CC3)CC2)cc1. The Bertz CT molecular complexity index is 1400. The molecule has 3 aromatic heterocycles. The zero-order chi connectivity index (χ0) is 25.2. The predicted octanol–water partition coefficient (Wildman–Crippen LogP) is 4.49. The second-order valence-corrected chi connectivity index (χ2v) is 10.0. The Labute approximate surface area is 215 Å². The van der Waals surface area contributed by atoms with Gasteiger partial charge in [-0.2, -0.15) is 0 Å². The largest absolute Gasteiger partial charge is 0.342 e. The maximum Gasteiger partial charge on any atom is 0.319 e. The highest BCUT2D eigenvalue weighted by molar-refractivity contribution is 5.91. The highest BCUT2D eigenvalue weighted by Gasteiger charge is 2.54. The Balaban J connectivity index is 0.994. The van der Waals surface area contributed by atoms with Crippen LogP contribution < -0.4 is 10.6 Å². The van der Waals surface area contributed by atoms with E-state index in [-0.39, 0.29) is 11.9 Å². The lowest BCUT2D eigenvalue weighted by molar-refractivity contribution is -0.135. The van der Waals surface area contributed by atoms with E-state index in [0.717, 1.165) is 61.4 Å². The summed E-state index contributed by atoms with van der Waals surface area (Å²) in [6.45, 7) is 1.96. The van der Waals surface area contributed by atoms with E-state index >= 15 is 0 Å². The van der Waals surface area contributed by atoms with Crippen molar-refractivity contribution < 1.29 is 9.59 Å². The first-order valence-electron chi connectivity index (χ1n) is 12.9. The fourth-order valence-corrected chi connectivity index (χ4v) is 5.33. The van der Waals surface area contributed by atoms with E-state index in [0.29, 0.717) is 12.5 Å². The number of nitrogens with zero attached hydrogens (tertiary/aromatic N) is 4. The minimum absolute atomic E-state index is 0.236. The zero-order valence-electron chi connectivity index (χ0n) is 20.6. The van der Waals surface area contributed by atoms with Crippen LogP contribution in [0, 0.1) is 0 Å². The number of carbonyl (C=O) groups excluding carboxylic acids is 2. The van der Waals surface area contributed by atoms with Crippen molar-refractivity contribution in [2.24, 2.45) is 0 Å². The lowest BCUT2D eigenvalue weighted by Gasteiger charge is -2.34. The lowest BCUT2D eigenvalue weighted by atomic mass is 9.88. The number of nitrogens with one attached hydrogen (secondary N) is 2. The molecule has 8 heteroatoms. The quantitative estimate of drug-likeness (QED) is 0.413. The minimum Gasteiger partial charge on any atom is -0.342 e. The second kappa shape index (κ2) is 9.69. The van der Waals surface area contributed by atoms with Crippen molar-refractivity contribution in [3.8, 4) is 0 Å². The number of carbonyl (C=O) groups is 2. The van der Waals surface area contributed by atoms with E-state index in [1.165, 1.54) is 5.56 Å². The highest BCUT2D eigenvalue weighted by atomic mass is 16.2. The van der Waals surface area contributed by atoms with Crippen LogP contribution in [0.1, 0.15) is 48.4 Å². The summed E-state index contributed by atoms with van der Waals surface area (Å²) in [4.78, 5) is 36.5. The monoisotopic (exact) mass is 494 g/mol. The van der Waals surface area contributed by atoms with Gasteiger partial charge in [-0.25, -0.2) is 9.78 Å². The first-order chi connectivity index (χ1) is 18.1. The number of amides is 3. The molecule has 4 heterocycles. The number of piperidine rings is 1. The van der Waals surface area contributed by atoms with Gasteiger partial charge < -0.3 is 19.9 Å². The maximum atomic E-state index is 13.3. The van der Waals surface area contributed by atoms with Crippen molar-refractivity contribution in [2.75, 3.05) is 18.4 Å². The maximum absolute atomic E-state index is 13.3. The third-order valence-electron chi connectivity index (χ3n) is 7.65. The van der Waals surface area contributed by atoms with Gasteiger partial charge in [-0.1, -0.05) is 18.2 Å². The van der Waals surface area contributed by atoms with Gasteiger partial charge in [0.25, 0.3) is 0 Å². The van der Waals surface area contributed by atoms with Gasteiger partial charge in [0.15, 0.2) is 0 Å².